The van der Waals surface area contributed by atoms with Crippen LogP contribution in [0.4, 0.5) is 5.69 Å². The third kappa shape index (κ3) is 6.43. The van der Waals surface area contributed by atoms with Gasteiger partial charge in [-0.25, -0.2) is 0 Å². The Bertz CT molecular complexity index is 2010. The normalized spacial score (nSPS) is 14.5. The van der Waals surface area contributed by atoms with Crippen molar-refractivity contribution in [1.29, 1.82) is 0 Å². The summed E-state index contributed by atoms with van der Waals surface area (Å²) in [5, 5.41) is 10.7. The Morgan fingerprint density at radius 3 is 2.57 bits per heavy atom. The van der Waals surface area contributed by atoms with Crippen molar-refractivity contribution < 1.29 is 9.48 Å². The Labute approximate surface area is 279 Å². The van der Waals surface area contributed by atoms with Gasteiger partial charge in [0.1, 0.15) is 17.9 Å². The second-order valence-electron chi connectivity index (χ2n) is 11.7. The SMILES string of the molecule is Cc1ccccc1CN=C1C=CC2=C(c3ccc(NC(=O)CCl)cc3)c3ccc(-[n+]4cc(CN(C)Cc5ccccc5)n[nH]4)n3[B]N12. The van der Waals surface area contributed by atoms with E-state index in [-0.39, 0.29) is 11.8 Å². The highest BCUT2D eigenvalue weighted by atomic mass is 35.5. The number of nitrogens with zero attached hydrogens (tertiary/aromatic N) is 6. The van der Waals surface area contributed by atoms with Crippen LogP contribution in [0, 0.1) is 6.92 Å². The predicted octanol–water partition coefficient (Wildman–Crippen LogP) is 5.23. The number of halogens is 1. The maximum absolute atomic E-state index is 11.9. The lowest BCUT2D eigenvalue weighted by molar-refractivity contribution is -0.663. The maximum Gasteiger partial charge on any atom is 0.503 e. The van der Waals surface area contributed by atoms with E-state index in [2.05, 4.69) is 118 Å². The van der Waals surface area contributed by atoms with E-state index in [9.17, 15) is 4.79 Å². The maximum atomic E-state index is 11.9. The van der Waals surface area contributed by atoms with Gasteiger partial charge in [0.25, 0.3) is 0 Å². The van der Waals surface area contributed by atoms with Crippen LogP contribution >= 0.6 is 11.6 Å². The second kappa shape index (κ2) is 13.3. The third-order valence-corrected chi connectivity index (χ3v) is 8.58. The zero-order valence-electron chi connectivity index (χ0n) is 26.3. The van der Waals surface area contributed by atoms with E-state index >= 15 is 0 Å². The number of aromatic amines is 1. The van der Waals surface area contributed by atoms with Gasteiger partial charge in [0.2, 0.25) is 11.7 Å². The molecule has 0 atom stereocenters. The number of fused-ring (bicyclic) bond motifs is 2. The molecule has 7 rings (SSSR count). The number of rotatable bonds is 10. The highest BCUT2D eigenvalue weighted by Crippen LogP contribution is 2.37. The van der Waals surface area contributed by atoms with Gasteiger partial charge in [0.15, 0.2) is 5.69 Å². The van der Waals surface area contributed by atoms with Gasteiger partial charge in [0, 0.05) is 29.6 Å². The molecule has 2 aromatic heterocycles. The lowest BCUT2D eigenvalue weighted by Gasteiger charge is -2.28. The quantitative estimate of drug-likeness (QED) is 0.124. The van der Waals surface area contributed by atoms with Crippen LogP contribution in [0.1, 0.15) is 33.6 Å². The number of amidine groups is 1. The first-order chi connectivity index (χ1) is 23.0. The minimum absolute atomic E-state index is 0.0934. The lowest BCUT2D eigenvalue weighted by atomic mass is 9.91. The fourth-order valence-corrected chi connectivity index (χ4v) is 6.07. The molecule has 1 radical (unpaired) electrons. The summed E-state index contributed by atoms with van der Waals surface area (Å²) in [5.41, 5.74) is 9.42. The smallest absolute Gasteiger partial charge is 0.337 e. The minimum Gasteiger partial charge on any atom is -0.337 e. The van der Waals surface area contributed by atoms with Gasteiger partial charge in [-0.2, -0.15) is 0 Å². The predicted molar refractivity (Wildman–Crippen MR) is 186 cm³/mol. The number of aliphatic imine (C=N–C) groups is 1. The number of allylic oxidation sites excluding steroid dienone is 1. The molecular weight excluding hydrogens is 607 g/mol. The number of carbonyl (C=O) groups is 1. The van der Waals surface area contributed by atoms with E-state index < -0.39 is 0 Å². The van der Waals surface area contributed by atoms with E-state index in [0.29, 0.717) is 18.8 Å². The number of anilines is 1. The van der Waals surface area contributed by atoms with E-state index in [0.717, 1.165) is 46.4 Å². The number of alkyl halides is 1. The first-order valence-corrected chi connectivity index (χ1v) is 16.0. The Morgan fingerprint density at radius 1 is 1.00 bits per heavy atom. The van der Waals surface area contributed by atoms with Gasteiger partial charge >= 0.3 is 7.55 Å². The summed E-state index contributed by atoms with van der Waals surface area (Å²) in [6.45, 7) is 4.22. The highest BCUT2D eigenvalue weighted by molar-refractivity contribution is 6.41. The molecule has 0 saturated carbocycles. The van der Waals surface area contributed by atoms with E-state index in [1.54, 1.807) is 0 Å². The summed E-state index contributed by atoms with van der Waals surface area (Å²) in [6, 6.07) is 30.8. The van der Waals surface area contributed by atoms with Gasteiger partial charge in [-0.05, 0) is 71.7 Å². The van der Waals surface area contributed by atoms with Crippen LogP contribution in [0.25, 0.3) is 11.4 Å². The van der Waals surface area contributed by atoms with Crippen molar-refractivity contribution in [3.63, 3.8) is 0 Å². The molecular formula is C36H34BClN8O+. The monoisotopic (exact) mass is 640 g/mol. The van der Waals surface area contributed by atoms with Gasteiger partial charge < -0.3 is 10.1 Å². The summed E-state index contributed by atoms with van der Waals surface area (Å²) < 4.78 is 4.11. The number of nitrogens with one attached hydrogen (secondary N) is 2. The zero-order valence-corrected chi connectivity index (χ0v) is 27.0. The summed E-state index contributed by atoms with van der Waals surface area (Å²) in [5.74, 6) is 1.44. The summed E-state index contributed by atoms with van der Waals surface area (Å²) in [4.78, 5) is 21.3. The van der Waals surface area contributed by atoms with Crippen molar-refractivity contribution in [2.45, 2.75) is 26.6 Å². The largest absolute Gasteiger partial charge is 0.503 e. The van der Waals surface area contributed by atoms with Gasteiger partial charge in [-0.3, -0.25) is 19.2 Å². The average molecular weight is 641 g/mol. The van der Waals surface area contributed by atoms with E-state index in [1.807, 2.05) is 47.3 Å². The average Bonchev–Trinajstić information content (AvgIpc) is 3.83. The number of hydrogen-bond donors (Lipinski definition) is 2. The molecule has 2 aliphatic heterocycles. The number of carbonyl (C=O) groups excluding carboxylic acids is 1. The molecule has 2 N–H and O–H groups in total. The Morgan fingerprint density at radius 2 is 1.79 bits per heavy atom. The molecule has 11 heteroatoms. The lowest BCUT2D eigenvalue weighted by Crippen LogP contribution is -2.43. The standard InChI is InChI=1S/C36H33BClN8O/c1-25-8-6-7-11-28(25)21-39-33-18-16-31-36(27-12-14-29(15-13-27)40-34(47)20-38)32-17-19-35(46(32)37-45(31)33)44-24-30(41-42-44)23-43(2)22-26-9-4-3-5-10-26/h3-19,24H,20-23H2,1-2H3,(H,39,40,47)/p+1. The van der Waals surface area contributed by atoms with Crippen molar-refractivity contribution >= 4 is 42.2 Å². The van der Waals surface area contributed by atoms with Crippen LogP contribution in [0.2, 0.25) is 0 Å². The molecule has 4 heterocycles. The Kier molecular flexibility index (Phi) is 8.61. The molecule has 3 aromatic carbocycles. The molecule has 47 heavy (non-hydrogen) atoms. The minimum atomic E-state index is -0.242. The van der Waals surface area contributed by atoms with Crippen molar-refractivity contribution in [2.24, 2.45) is 4.99 Å². The molecule has 2 aliphatic rings. The van der Waals surface area contributed by atoms with Gasteiger partial charge in [-0.1, -0.05) is 66.7 Å². The number of benzene rings is 3. The molecule has 0 aliphatic carbocycles. The molecule has 0 spiro atoms. The third-order valence-electron chi connectivity index (χ3n) is 8.34. The van der Waals surface area contributed by atoms with E-state index in [4.69, 9.17) is 16.6 Å². The van der Waals surface area contributed by atoms with Crippen molar-refractivity contribution in [3.05, 3.63) is 149 Å². The highest BCUT2D eigenvalue weighted by Gasteiger charge is 2.36. The first kappa shape index (κ1) is 30.5. The first-order valence-electron chi connectivity index (χ1n) is 15.5. The van der Waals surface area contributed by atoms with Crippen molar-refractivity contribution in [1.82, 2.24) is 24.5 Å². The van der Waals surface area contributed by atoms with Crippen LogP contribution in [0.3, 0.4) is 0 Å². The van der Waals surface area contributed by atoms with Crippen LogP contribution in [0.5, 0.6) is 0 Å². The fraction of sp³-hybridized carbons (Fsp3) is 0.167. The second-order valence-corrected chi connectivity index (χ2v) is 12.0. The topological polar surface area (TPSA) is 85.4 Å². The van der Waals surface area contributed by atoms with Crippen LogP contribution < -0.4 is 10.00 Å². The molecule has 0 fully saturated rings. The van der Waals surface area contributed by atoms with Gasteiger partial charge in [-0.15, -0.1) is 21.5 Å². The Hall–Kier alpha value is -5.19. The number of aryl methyl sites for hydroxylation is 1. The summed E-state index contributed by atoms with van der Waals surface area (Å²) >= 11 is 5.71. The van der Waals surface area contributed by atoms with Crippen molar-refractivity contribution in [3.8, 4) is 5.82 Å². The van der Waals surface area contributed by atoms with Crippen LogP contribution in [-0.2, 0) is 24.4 Å². The number of H-pyrrole nitrogens is 1. The zero-order chi connectivity index (χ0) is 32.3. The van der Waals surface area contributed by atoms with Crippen molar-refractivity contribution in [2.75, 3.05) is 18.2 Å². The number of amides is 1. The number of aromatic nitrogens is 4. The number of hydrogen-bond acceptors (Lipinski definition) is 4. The van der Waals surface area contributed by atoms with Crippen LogP contribution in [0.15, 0.2) is 120 Å². The van der Waals surface area contributed by atoms with E-state index in [1.165, 1.54) is 16.7 Å². The Balaban J connectivity index is 1.21. The van der Waals surface area contributed by atoms with Crippen LogP contribution in [-0.4, -0.2) is 56.7 Å². The molecule has 0 saturated heterocycles. The molecule has 233 valence electrons. The molecule has 1 amide bonds. The molecule has 9 nitrogen and oxygen atoms in total. The molecule has 0 unspecified atom stereocenters. The summed E-state index contributed by atoms with van der Waals surface area (Å²) in [7, 11) is 4.19. The molecule has 5 aromatic rings. The summed E-state index contributed by atoms with van der Waals surface area (Å²) in [6.07, 6.45) is 6.22. The van der Waals surface area contributed by atoms with Gasteiger partial charge in [0.05, 0.1) is 18.8 Å². The molecule has 0 bridgehead atoms. The fourth-order valence-electron chi connectivity index (χ4n) is 6.01.